The Bertz CT molecular complexity index is 3490. The van der Waals surface area contributed by atoms with E-state index < -0.39 is 87.6 Å². The van der Waals surface area contributed by atoms with Crippen LogP contribution in [0.25, 0.3) is 10.8 Å². The van der Waals surface area contributed by atoms with Crippen LogP contribution in [-0.4, -0.2) is 114 Å². The topological polar surface area (TPSA) is 162 Å². The first-order chi connectivity index (χ1) is 44.6. The maximum atomic E-state index is 14.6. The smallest absolute Gasteiger partial charge is 0.450 e. The molecule has 8 aromatic rings. The molecule has 0 radical (unpaired) electrons. The molecule has 0 saturated carbocycles. The lowest BCUT2D eigenvalue weighted by atomic mass is 9.96. The van der Waals surface area contributed by atoms with E-state index in [0.29, 0.717) is 24.4 Å². The van der Waals surface area contributed by atoms with E-state index in [4.69, 9.17) is 56.8 Å². The third-order valence-electron chi connectivity index (χ3n) is 15.9. The summed E-state index contributed by atoms with van der Waals surface area (Å²) in [4.78, 5) is 42.7. The summed E-state index contributed by atoms with van der Waals surface area (Å²) in [6.45, 7) is 8.43. The number of ether oxygens (including phenoxy) is 12. The van der Waals surface area contributed by atoms with Crippen molar-refractivity contribution in [1.82, 2.24) is 0 Å². The van der Waals surface area contributed by atoms with Crippen LogP contribution < -0.4 is 0 Å². The number of benzene rings is 8. The Hall–Kier alpha value is -8.13. The minimum atomic E-state index is -1.94. The lowest BCUT2D eigenvalue weighted by molar-refractivity contribution is -0.343. The monoisotopic (exact) mass is 1250 g/mol. The number of carbonyl (C=O) groups excluding carboxylic acids is 3. The van der Waals surface area contributed by atoms with Crippen molar-refractivity contribution in [2.45, 2.75) is 126 Å². The van der Waals surface area contributed by atoms with Gasteiger partial charge in [0.2, 0.25) is 0 Å². The largest absolute Gasteiger partial charge is 0.508 e. The summed E-state index contributed by atoms with van der Waals surface area (Å²) in [6, 6.07) is 72.1. The molecule has 10 rings (SSSR count). The molecule has 2 aliphatic heterocycles. The van der Waals surface area contributed by atoms with Gasteiger partial charge in [0.25, 0.3) is 0 Å². The molecule has 91 heavy (non-hydrogen) atoms. The van der Waals surface area contributed by atoms with Crippen LogP contribution in [0, 0.1) is 0 Å². The fraction of sp³-hybridized carbons (Fsp3) is 0.320. The summed E-state index contributed by atoms with van der Waals surface area (Å²) in [5, 5.41) is 2.37. The van der Waals surface area contributed by atoms with Gasteiger partial charge in [-0.05, 0) is 82.2 Å². The van der Waals surface area contributed by atoms with Crippen LogP contribution in [0.4, 0.5) is 4.79 Å². The number of fused-ring (bicyclic) bond motifs is 1. The van der Waals surface area contributed by atoms with E-state index in [1.54, 1.807) is 60.7 Å². The molecular weight excluding hydrogens is 1170 g/mol. The van der Waals surface area contributed by atoms with Crippen molar-refractivity contribution in [3.05, 3.63) is 276 Å². The third-order valence-corrected chi connectivity index (χ3v) is 18.9. The van der Waals surface area contributed by atoms with Crippen LogP contribution in [0.5, 0.6) is 0 Å². The van der Waals surface area contributed by atoms with Crippen molar-refractivity contribution in [2.24, 2.45) is 0 Å². The molecule has 16 heteroatoms. The molecule has 0 N–H and O–H groups in total. The van der Waals surface area contributed by atoms with E-state index in [-0.39, 0.29) is 58.4 Å². The predicted molar refractivity (Wildman–Crippen MR) is 347 cm³/mol. The Morgan fingerprint density at radius 2 is 0.846 bits per heavy atom. The molecule has 8 aromatic carbocycles. The van der Waals surface area contributed by atoms with Crippen molar-refractivity contribution >= 4 is 36.9 Å². The van der Waals surface area contributed by atoms with Crippen molar-refractivity contribution in [3.8, 4) is 0 Å². The molecule has 0 amide bonds. The molecule has 15 nitrogen and oxygen atoms in total. The van der Waals surface area contributed by atoms with Crippen LogP contribution in [0.2, 0.25) is 19.1 Å². The summed E-state index contributed by atoms with van der Waals surface area (Å²) in [6.07, 6.45) is -9.51. The normalized spacial score (nSPS) is 21.5. The number of esters is 2. The highest BCUT2D eigenvalue weighted by Crippen LogP contribution is 2.36. The van der Waals surface area contributed by atoms with E-state index in [9.17, 15) is 14.4 Å². The molecule has 2 heterocycles. The average molecular weight is 1250 g/mol. The standard InChI is InChI=1S/C75H80O15Si/c1-4-5-26-43-79-73-69(89-71(76)60-36-20-10-21-37-60)67(83-49-56-31-16-8-17-32-56)65(81-47-54-27-12-6-13-28-54)63(87-73)51-85-74-70(90-72(77)61-38-22-11-23-39-61)68(84-50-57-33-18-9-19-34-57)66(82-48-55-29-14-7-15-30-55)64(88-74)52-86-75(78)80-44-45-91(2,3)53-58-41-42-59-35-24-25-40-62(59)46-58/h4,6-25,27-42,46,63-70,73-74H,1,5,26,43-45,47-53H2,2-3H3/t63-,64-,65-,66-,67+,68+,69-,70-,73-,74-/m1/s1. The number of hydrogen-bond donors (Lipinski definition) is 0. The zero-order chi connectivity index (χ0) is 63.0. The van der Waals surface area contributed by atoms with E-state index >= 15 is 0 Å². The van der Waals surface area contributed by atoms with Crippen molar-refractivity contribution in [3.63, 3.8) is 0 Å². The zero-order valence-electron chi connectivity index (χ0n) is 51.5. The molecule has 2 saturated heterocycles. The highest BCUT2D eigenvalue weighted by molar-refractivity contribution is 6.76. The van der Waals surface area contributed by atoms with Gasteiger partial charge < -0.3 is 56.8 Å². The minimum absolute atomic E-state index is 0.0485. The second kappa shape index (κ2) is 33.8. The Kier molecular flexibility index (Phi) is 24.4. The molecule has 0 unspecified atom stereocenters. The SMILES string of the molecule is C=CCCCO[C@@H]1O[C@H](CO[C@@H]2O[C@H](COC(=O)OCC[Si](C)(C)Cc3ccc4ccccc4c3)[C@@H](OCc3ccccc3)[C@H](OCc3ccccc3)[C@H]2OC(=O)c2ccccc2)[C@@H](OCc2ccccc2)[C@H](OCc2ccccc2)[C@H]1OC(=O)c1ccccc1. The third kappa shape index (κ3) is 19.4. The van der Waals surface area contributed by atoms with Crippen LogP contribution in [0.15, 0.2) is 237 Å². The van der Waals surface area contributed by atoms with Crippen molar-refractivity contribution in [2.75, 3.05) is 26.4 Å². The first-order valence-electron chi connectivity index (χ1n) is 31.1. The quantitative estimate of drug-likeness (QED) is 0.0133. The number of hydrogen-bond acceptors (Lipinski definition) is 15. The summed E-state index contributed by atoms with van der Waals surface area (Å²) >= 11 is 0. The maximum Gasteiger partial charge on any atom is 0.508 e. The molecule has 474 valence electrons. The molecule has 0 aliphatic carbocycles. The van der Waals surface area contributed by atoms with Crippen LogP contribution in [-0.2, 0) is 89.3 Å². The van der Waals surface area contributed by atoms with Gasteiger partial charge in [0.15, 0.2) is 24.8 Å². The fourth-order valence-electron chi connectivity index (χ4n) is 11.1. The molecule has 2 aliphatic rings. The van der Waals surface area contributed by atoms with Gasteiger partial charge in [-0.2, -0.15) is 0 Å². The Labute approximate surface area is 534 Å². The molecule has 10 atom stereocenters. The van der Waals surface area contributed by atoms with Gasteiger partial charge in [0.1, 0.15) is 43.2 Å². The molecular formula is C75H80O15Si. The second-order valence-electron chi connectivity index (χ2n) is 23.4. The zero-order valence-corrected chi connectivity index (χ0v) is 52.5. The van der Waals surface area contributed by atoms with E-state index in [1.165, 1.54) is 16.3 Å². The van der Waals surface area contributed by atoms with Gasteiger partial charge >= 0.3 is 18.1 Å². The number of carbonyl (C=O) groups is 3. The maximum absolute atomic E-state index is 14.6. The summed E-state index contributed by atoms with van der Waals surface area (Å²) < 4.78 is 80.0. The summed E-state index contributed by atoms with van der Waals surface area (Å²) in [5.74, 6) is -1.31. The van der Waals surface area contributed by atoms with Gasteiger partial charge in [-0.25, -0.2) is 14.4 Å². The summed E-state index contributed by atoms with van der Waals surface area (Å²) in [7, 11) is -1.94. The highest BCUT2D eigenvalue weighted by Gasteiger charge is 2.54. The van der Waals surface area contributed by atoms with Crippen LogP contribution >= 0.6 is 0 Å². The Morgan fingerprint density at radius 3 is 1.32 bits per heavy atom. The number of rotatable bonds is 31. The minimum Gasteiger partial charge on any atom is -0.450 e. The molecule has 0 aromatic heterocycles. The van der Waals surface area contributed by atoms with Gasteiger partial charge in [-0.3, -0.25) is 0 Å². The Balaban J connectivity index is 0.978. The molecule has 0 bridgehead atoms. The lowest BCUT2D eigenvalue weighted by Crippen LogP contribution is -2.64. The molecule has 2 fully saturated rings. The second-order valence-corrected chi connectivity index (χ2v) is 28.6. The van der Waals surface area contributed by atoms with Gasteiger partial charge in [-0.1, -0.05) is 225 Å². The summed E-state index contributed by atoms with van der Waals surface area (Å²) in [5.41, 5.74) is 5.17. The highest BCUT2D eigenvalue weighted by atomic mass is 28.3. The van der Waals surface area contributed by atoms with Gasteiger partial charge in [-0.15, -0.1) is 6.58 Å². The number of allylic oxidation sites excluding steroid dienone is 1. The molecule has 0 spiro atoms. The fourth-order valence-corrected chi connectivity index (χ4v) is 13.3. The van der Waals surface area contributed by atoms with Crippen molar-refractivity contribution in [1.29, 1.82) is 0 Å². The van der Waals surface area contributed by atoms with Crippen LogP contribution in [0.3, 0.4) is 0 Å². The van der Waals surface area contributed by atoms with Crippen molar-refractivity contribution < 1.29 is 71.2 Å². The van der Waals surface area contributed by atoms with Crippen LogP contribution in [0.1, 0.15) is 61.4 Å². The Morgan fingerprint density at radius 1 is 0.429 bits per heavy atom. The average Bonchev–Trinajstić information content (AvgIpc) is 1.09. The first-order valence-corrected chi connectivity index (χ1v) is 34.5. The van der Waals surface area contributed by atoms with E-state index in [0.717, 1.165) is 28.3 Å². The van der Waals surface area contributed by atoms with E-state index in [2.05, 4.69) is 50.0 Å². The number of unbranched alkanes of at least 4 members (excludes halogenated alkanes) is 1. The van der Waals surface area contributed by atoms with Gasteiger partial charge in [0.05, 0.1) is 65.4 Å². The first kappa shape index (κ1) is 65.8. The predicted octanol–water partition coefficient (Wildman–Crippen LogP) is 14.0. The van der Waals surface area contributed by atoms with Gasteiger partial charge in [0, 0.05) is 0 Å². The lowest BCUT2D eigenvalue weighted by Gasteiger charge is -2.47. The van der Waals surface area contributed by atoms with E-state index in [1.807, 2.05) is 140 Å².